The second kappa shape index (κ2) is 6.29. The summed E-state index contributed by atoms with van der Waals surface area (Å²) >= 11 is 13.8. The Morgan fingerprint density at radius 3 is 2.67 bits per heavy atom. The topological polar surface area (TPSA) is 72.2 Å². The molecule has 1 atom stereocenters. The fourth-order valence-electron chi connectivity index (χ4n) is 1.24. The quantitative estimate of drug-likeness (QED) is 0.780. The Hall–Kier alpha value is -0.210. The number of hydrogen-bond acceptors (Lipinski definition) is 3. The molecule has 8 heteroatoms. The van der Waals surface area contributed by atoms with Crippen molar-refractivity contribution in [1.82, 2.24) is 4.72 Å². The molecule has 0 fully saturated rings. The maximum atomic E-state index is 12.1. The molecule has 0 aliphatic rings. The molecule has 1 aromatic carbocycles. The van der Waals surface area contributed by atoms with Crippen molar-refractivity contribution in [2.24, 2.45) is 5.73 Å². The van der Waals surface area contributed by atoms with E-state index in [2.05, 4.69) is 20.7 Å². The highest BCUT2D eigenvalue weighted by Gasteiger charge is 2.21. The minimum atomic E-state index is -3.66. The number of nitrogens with two attached hydrogens (primary N) is 1. The zero-order chi connectivity index (χ0) is 13.9. The molecular formula is C10H12BrClN2O2S2. The van der Waals surface area contributed by atoms with Crippen LogP contribution in [0.3, 0.4) is 0 Å². The second-order valence-corrected chi connectivity index (χ2v) is 7.01. The van der Waals surface area contributed by atoms with E-state index in [9.17, 15) is 8.42 Å². The van der Waals surface area contributed by atoms with Crippen molar-refractivity contribution < 1.29 is 8.42 Å². The van der Waals surface area contributed by atoms with Crippen molar-refractivity contribution in [1.29, 1.82) is 0 Å². The molecule has 0 bridgehead atoms. The monoisotopic (exact) mass is 370 g/mol. The Balaban J connectivity index is 3.06. The van der Waals surface area contributed by atoms with Gasteiger partial charge in [0.1, 0.15) is 0 Å². The van der Waals surface area contributed by atoms with Crippen molar-refractivity contribution in [2.75, 3.05) is 0 Å². The van der Waals surface area contributed by atoms with Gasteiger partial charge in [0, 0.05) is 4.47 Å². The van der Waals surface area contributed by atoms with Gasteiger partial charge in [-0.05, 0) is 40.5 Å². The van der Waals surface area contributed by atoms with E-state index in [1.165, 1.54) is 18.2 Å². The summed E-state index contributed by atoms with van der Waals surface area (Å²) in [6.45, 7) is 1.80. The lowest BCUT2D eigenvalue weighted by Gasteiger charge is -2.15. The standard InChI is InChI=1S/C10H12BrClN2O2S2/c1-2-9(10(13)17)14-18(15,16)6-3-4-8(12)7(11)5-6/h3-5,9,14H,2H2,1H3,(H2,13,17). The first-order chi connectivity index (χ1) is 8.27. The van der Waals surface area contributed by atoms with Gasteiger partial charge in [-0.25, -0.2) is 13.1 Å². The Morgan fingerprint density at radius 1 is 1.61 bits per heavy atom. The highest BCUT2D eigenvalue weighted by Crippen LogP contribution is 2.25. The number of thiocarbonyl (C=S) groups is 1. The van der Waals surface area contributed by atoms with Gasteiger partial charge in [-0.2, -0.15) is 0 Å². The molecule has 1 rings (SSSR count). The molecule has 1 unspecified atom stereocenters. The lowest BCUT2D eigenvalue weighted by atomic mass is 10.2. The lowest BCUT2D eigenvalue weighted by molar-refractivity contribution is 0.572. The van der Waals surface area contributed by atoms with Gasteiger partial charge in [-0.1, -0.05) is 30.7 Å². The molecule has 0 aliphatic carbocycles. The molecule has 0 radical (unpaired) electrons. The fraction of sp³-hybridized carbons (Fsp3) is 0.300. The minimum absolute atomic E-state index is 0.105. The third-order valence-electron chi connectivity index (χ3n) is 2.25. The summed E-state index contributed by atoms with van der Waals surface area (Å²) in [4.78, 5) is 0.225. The van der Waals surface area contributed by atoms with Crippen molar-refractivity contribution in [3.63, 3.8) is 0 Å². The summed E-state index contributed by atoms with van der Waals surface area (Å²) in [7, 11) is -3.66. The van der Waals surface area contributed by atoms with Crippen LogP contribution in [0, 0.1) is 0 Å². The maximum absolute atomic E-state index is 12.1. The van der Waals surface area contributed by atoms with Gasteiger partial charge >= 0.3 is 0 Å². The van der Waals surface area contributed by atoms with E-state index in [0.717, 1.165) is 0 Å². The SMILES string of the molecule is CCC(NS(=O)(=O)c1ccc(Cl)c(Br)c1)C(N)=S. The number of rotatable bonds is 5. The van der Waals surface area contributed by atoms with Gasteiger partial charge in [0.15, 0.2) is 0 Å². The van der Waals surface area contributed by atoms with E-state index in [4.69, 9.17) is 29.6 Å². The van der Waals surface area contributed by atoms with Crippen LogP contribution < -0.4 is 10.5 Å². The molecule has 18 heavy (non-hydrogen) atoms. The molecule has 1 aromatic rings. The maximum Gasteiger partial charge on any atom is 0.241 e. The number of halogens is 2. The molecule has 3 N–H and O–H groups in total. The van der Waals surface area contributed by atoms with Crippen LogP contribution in [0.2, 0.25) is 5.02 Å². The molecule has 0 saturated heterocycles. The van der Waals surface area contributed by atoms with Gasteiger partial charge < -0.3 is 5.73 Å². The van der Waals surface area contributed by atoms with Crippen LogP contribution in [0.25, 0.3) is 0 Å². The third kappa shape index (κ3) is 3.89. The molecule has 0 heterocycles. The van der Waals surface area contributed by atoms with Gasteiger partial charge in [-0.15, -0.1) is 0 Å². The van der Waals surface area contributed by atoms with Gasteiger partial charge in [0.25, 0.3) is 0 Å². The summed E-state index contributed by atoms with van der Waals surface area (Å²) < 4.78 is 27.1. The van der Waals surface area contributed by atoms with Crippen molar-refractivity contribution >= 4 is 54.8 Å². The van der Waals surface area contributed by atoms with Crippen molar-refractivity contribution in [3.8, 4) is 0 Å². The minimum Gasteiger partial charge on any atom is -0.392 e. The van der Waals surface area contributed by atoms with Gasteiger partial charge in [0.2, 0.25) is 10.0 Å². The molecular weight excluding hydrogens is 360 g/mol. The summed E-state index contributed by atoms with van der Waals surface area (Å²) in [5.74, 6) is 0. The molecule has 0 spiro atoms. The summed E-state index contributed by atoms with van der Waals surface area (Å²) in [6, 6.07) is 3.79. The number of sulfonamides is 1. The zero-order valence-corrected chi connectivity index (χ0v) is 13.5. The van der Waals surface area contributed by atoms with Crippen LogP contribution in [0.1, 0.15) is 13.3 Å². The molecule has 0 aromatic heterocycles. The summed E-state index contributed by atoms with van der Waals surface area (Å²) in [5, 5.41) is 0.440. The van der Waals surface area contributed by atoms with Gasteiger partial charge in [-0.3, -0.25) is 0 Å². The molecule has 0 aliphatic heterocycles. The highest BCUT2D eigenvalue weighted by atomic mass is 79.9. The van der Waals surface area contributed by atoms with E-state index in [1.54, 1.807) is 6.92 Å². The van der Waals surface area contributed by atoms with E-state index >= 15 is 0 Å². The Labute approximate surface area is 125 Å². The number of nitrogens with one attached hydrogen (secondary N) is 1. The molecule has 4 nitrogen and oxygen atoms in total. The predicted molar refractivity (Wildman–Crippen MR) is 80.3 cm³/mol. The largest absolute Gasteiger partial charge is 0.392 e. The van der Waals surface area contributed by atoms with Crippen LogP contribution in [-0.4, -0.2) is 19.4 Å². The summed E-state index contributed by atoms with van der Waals surface area (Å²) in [5.41, 5.74) is 5.46. The molecule has 100 valence electrons. The van der Waals surface area contributed by atoms with Gasteiger partial charge in [0.05, 0.1) is 20.9 Å². The average molecular weight is 372 g/mol. The fourth-order valence-corrected chi connectivity index (χ4v) is 3.51. The molecule has 0 amide bonds. The van der Waals surface area contributed by atoms with E-state index in [0.29, 0.717) is 15.9 Å². The van der Waals surface area contributed by atoms with Crippen LogP contribution in [0.4, 0.5) is 0 Å². The Bertz CT molecular complexity index is 563. The lowest BCUT2D eigenvalue weighted by Crippen LogP contribution is -2.42. The zero-order valence-electron chi connectivity index (χ0n) is 9.48. The second-order valence-electron chi connectivity index (χ2n) is 3.56. The first kappa shape index (κ1) is 15.8. The summed E-state index contributed by atoms with van der Waals surface area (Å²) in [6.07, 6.45) is 0.489. The van der Waals surface area contributed by atoms with Crippen LogP contribution in [-0.2, 0) is 10.0 Å². The first-order valence-corrected chi connectivity index (χ1v) is 8.11. The average Bonchev–Trinajstić information content (AvgIpc) is 2.29. The number of benzene rings is 1. The number of hydrogen-bond donors (Lipinski definition) is 2. The van der Waals surface area contributed by atoms with E-state index in [-0.39, 0.29) is 9.88 Å². The first-order valence-electron chi connectivity index (χ1n) is 5.04. The Kier molecular flexibility index (Phi) is 5.54. The normalized spacial score (nSPS) is 13.3. The van der Waals surface area contributed by atoms with Crippen LogP contribution in [0.5, 0.6) is 0 Å². The highest BCUT2D eigenvalue weighted by molar-refractivity contribution is 9.10. The predicted octanol–water partition coefficient (Wildman–Crippen LogP) is 2.45. The van der Waals surface area contributed by atoms with Crippen molar-refractivity contribution in [2.45, 2.75) is 24.3 Å². The van der Waals surface area contributed by atoms with Crippen molar-refractivity contribution in [3.05, 3.63) is 27.7 Å². The Morgan fingerprint density at radius 2 is 2.22 bits per heavy atom. The van der Waals surface area contributed by atoms with E-state index in [1.807, 2.05) is 0 Å². The smallest absolute Gasteiger partial charge is 0.241 e. The molecule has 0 saturated carbocycles. The van der Waals surface area contributed by atoms with Crippen LogP contribution in [0.15, 0.2) is 27.6 Å². The van der Waals surface area contributed by atoms with E-state index < -0.39 is 16.1 Å². The third-order valence-corrected chi connectivity index (χ3v) is 5.22. The van der Waals surface area contributed by atoms with Crippen LogP contribution >= 0.6 is 39.7 Å².